The van der Waals surface area contributed by atoms with E-state index in [-0.39, 0.29) is 5.91 Å². The minimum Gasteiger partial charge on any atom is -0.444 e. The van der Waals surface area contributed by atoms with E-state index in [1.54, 1.807) is 0 Å². The minimum atomic E-state index is -0.562. The molecule has 0 aromatic heterocycles. The first kappa shape index (κ1) is 17.3. The molecule has 1 fully saturated rings. The second kappa shape index (κ2) is 6.60. The average Bonchev–Trinajstić information content (AvgIpc) is 2.90. The molecule has 0 saturated carbocycles. The van der Waals surface area contributed by atoms with Gasteiger partial charge in [-0.3, -0.25) is 9.69 Å². The Labute approximate surface area is 138 Å². The first-order chi connectivity index (χ1) is 10.7. The van der Waals surface area contributed by atoms with Gasteiger partial charge >= 0.3 is 6.09 Å². The second-order valence-electron chi connectivity index (χ2n) is 7.09. The fourth-order valence-corrected chi connectivity index (χ4v) is 2.80. The van der Waals surface area contributed by atoms with E-state index in [1.165, 1.54) is 4.90 Å². The Balaban J connectivity index is 2.10. The highest BCUT2D eigenvalue weighted by Gasteiger charge is 2.36. The topological polar surface area (TPSA) is 58.6 Å². The van der Waals surface area contributed by atoms with E-state index >= 15 is 0 Å². The molecule has 5 heteroatoms. The summed E-state index contributed by atoms with van der Waals surface area (Å²) >= 11 is 0. The van der Waals surface area contributed by atoms with Gasteiger partial charge in [0.2, 0.25) is 5.91 Å². The van der Waals surface area contributed by atoms with Crippen LogP contribution in [0.2, 0.25) is 0 Å². The number of ether oxygens (including phenoxy) is 1. The van der Waals surface area contributed by atoms with Crippen LogP contribution in [0.3, 0.4) is 0 Å². The number of anilines is 1. The van der Waals surface area contributed by atoms with Crippen LogP contribution in [0, 0.1) is 13.8 Å². The molecular weight excluding hydrogens is 292 g/mol. The molecule has 1 aliphatic rings. The molecule has 0 aliphatic carbocycles. The lowest BCUT2D eigenvalue weighted by Gasteiger charge is -2.28. The first-order valence-electron chi connectivity index (χ1n) is 8.06. The number of amides is 2. The monoisotopic (exact) mass is 318 g/mol. The lowest BCUT2D eigenvalue weighted by molar-refractivity contribution is -0.120. The summed E-state index contributed by atoms with van der Waals surface area (Å²) in [5.74, 6) is -0.147. The van der Waals surface area contributed by atoms with Gasteiger partial charge in [-0.25, -0.2) is 4.79 Å². The molecule has 0 spiro atoms. The van der Waals surface area contributed by atoms with E-state index in [1.807, 2.05) is 52.8 Å². The normalized spacial score (nSPS) is 18.0. The summed E-state index contributed by atoms with van der Waals surface area (Å²) in [6.45, 7) is 9.96. The molecule has 1 aromatic rings. The number of rotatable bonds is 2. The van der Waals surface area contributed by atoms with Crippen LogP contribution in [0.1, 0.15) is 44.7 Å². The van der Waals surface area contributed by atoms with Crippen LogP contribution in [0.5, 0.6) is 0 Å². The SMILES string of the molecule is Cc1cccc(C)c1NC(=O)C1CCCN1C(=O)OC(C)(C)C. The van der Waals surface area contributed by atoms with Crippen molar-refractivity contribution in [2.45, 2.75) is 59.1 Å². The molecule has 1 saturated heterocycles. The standard InChI is InChI=1S/C18H26N2O3/c1-12-8-6-9-13(2)15(12)19-16(21)14-10-7-11-20(14)17(22)23-18(3,4)5/h6,8-9,14H,7,10-11H2,1-5H3,(H,19,21). The zero-order chi connectivity index (χ0) is 17.2. The summed E-state index contributed by atoms with van der Waals surface area (Å²) in [6.07, 6.45) is 1.05. The van der Waals surface area contributed by atoms with Gasteiger partial charge in [-0.1, -0.05) is 18.2 Å². The van der Waals surface area contributed by atoms with Crippen molar-refractivity contribution in [3.8, 4) is 0 Å². The van der Waals surface area contributed by atoms with Crippen molar-refractivity contribution in [2.75, 3.05) is 11.9 Å². The van der Waals surface area contributed by atoms with Crippen molar-refractivity contribution < 1.29 is 14.3 Å². The molecule has 5 nitrogen and oxygen atoms in total. The van der Waals surface area contributed by atoms with Gasteiger partial charge in [0.15, 0.2) is 0 Å². The van der Waals surface area contributed by atoms with Crippen LogP contribution < -0.4 is 5.32 Å². The van der Waals surface area contributed by atoms with E-state index in [9.17, 15) is 9.59 Å². The molecule has 1 aliphatic heterocycles. The summed E-state index contributed by atoms with van der Waals surface area (Å²) in [7, 11) is 0. The Morgan fingerprint density at radius 3 is 2.39 bits per heavy atom. The summed E-state index contributed by atoms with van der Waals surface area (Å²) in [5.41, 5.74) is 2.29. The highest BCUT2D eigenvalue weighted by atomic mass is 16.6. The van der Waals surface area contributed by atoms with Crippen molar-refractivity contribution in [3.05, 3.63) is 29.3 Å². The molecule has 1 atom stereocenters. The molecule has 0 bridgehead atoms. The molecule has 0 radical (unpaired) electrons. The lowest BCUT2D eigenvalue weighted by Crippen LogP contribution is -2.45. The van der Waals surface area contributed by atoms with Gasteiger partial charge in [0.25, 0.3) is 0 Å². The number of hydrogen-bond donors (Lipinski definition) is 1. The molecule has 1 unspecified atom stereocenters. The predicted molar refractivity (Wildman–Crippen MR) is 90.5 cm³/mol. The van der Waals surface area contributed by atoms with Gasteiger partial charge < -0.3 is 10.1 Å². The smallest absolute Gasteiger partial charge is 0.410 e. The highest BCUT2D eigenvalue weighted by molar-refractivity contribution is 5.98. The maximum atomic E-state index is 12.6. The van der Waals surface area contributed by atoms with E-state index in [4.69, 9.17) is 4.74 Å². The van der Waals surface area contributed by atoms with Gasteiger partial charge in [0.1, 0.15) is 11.6 Å². The summed E-state index contributed by atoms with van der Waals surface area (Å²) in [4.78, 5) is 26.5. The number of nitrogens with zero attached hydrogens (tertiary/aromatic N) is 1. The molecule has 126 valence electrons. The number of likely N-dealkylation sites (tertiary alicyclic amines) is 1. The van der Waals surface area contributed by atoms with Crippen LogP contribution in [-0.4, -0.2) is 35.1 Å². The molecule has 1 heterocycles. The van der Waals surface area contributed by atoms with E-state index in [0.717, 1.165) is 23.2 Å². The Hall–Kier alpha value is -2.04. The maximum absolute atomic E-state index is 12.6. The van der Waals surface area contributed by atoms with Gasteiger partial charge in [-0.2, -0.15) is 0 Å². The van der Waals surface area contributed by atoms with Crippen LogP contribution in [0.15, 0.2) is 18.2 Å². The van der Waals surface area contributed by atoms with Crippen molar-refractivity contribution in [2.24, 2.45) is 0 Å². The van der Waals surface area contributed by atoms with E-state index in [0.29, 0.717) is 13.0 Å². The van der Waals surface area contributed by atoms with Crippen LogP contribution in [0.25, 0.3) is 0 Å². The number of carbonyl (C=O) groups is 2. The Bertz CT molecular complexity index is 585. The van der Waals surface area contributed by atoms with E-state index < -0.39 is 17.7 Å². The Morgan fingerprint density at radius 1 is 1.22 bits per heavy atom. The third-order valence-electron chi connectivity index (χ3n) is 3.91. The summed E-state index contributed by atoms with van der Waals surface area (Å²) in [5, 5.41) is 2.98. The number of para-hydroxylation sites is 1. The average molecular weight is 318 g/mol. The number of aryl methyl sites for hydroxylation is 2. The van der Waals surface area contributed by atoms with Crippen LogP contribution in [-0.2, 0) is 9.53 Å². The van der Waals surface area contributed by atoms with Crippen molar-refractivity contribution in [1.29, 1.82) is 0 Å². The fraction of sp³-hybridized carbons (Fsp3) is 0.556. The second-order valence-corrected chi connectivity index (χ2v) is 7.09. The van der Waals surface area contributed by atoms with Crippen LogP contribution in [0.4, 0.5) is 10.5 Å². The summed E-state index contributed by atoms with van der Waals surface area (Å²) in [6, 6.07) is 5.41. The molecule has 1 N–H and O–H groups in total. The maximum Gasteiger partial charge on any atom is 0.410 e. The highest BCUT2D eigenvalue weighted by Crippen LogP contribution is 2.24. The molecule has 2 amide bonds. The van der Waals surface area contributed by atoms with E-state index in [2.05, 4.69) is 5.32 Å². The van der Waals surface area contributed by atoms with Crippen molar-refractivity contribution in [1.82, 2.24) is 4.90 Å². The molecular formula is C18H26N2O3. The van der Waals surface area contributed by atoms with Gasteiger partial charge in [-0.05, 0) is 58.6 Å². The predicted octanol–water partition coefficient (Wildman–Crippen LogP) is 3.64. The molecule has 1 aromatic carbocycles. The molecule has 23 heavy (non-hydrogen) atoms. The number of carbonyl (C=O) groups excluding carboxylic acids is 2. The fourth-order valence-electron chi connectivity index (χ4n) is 2.80. The van der Waals surface area contributed by atoms with Gasteiger partial charge in [0, 0.05) is 12.2 Å². The minimum absolute atomic E-state index is 0.147. The van der Waals surface area contributed by atoms with Crippen LogP contribution >= 0.6 is 0 Å². The Kier molecular flexibility index (Phi) is 4.97. The van der Waals surface area contributed by atoms with Gasteiger partial charge in [0.05, 0.1) is 0 Å². The summed E-state index contributed by atoms with van der Waals surface area (Å²) < 4.78 is 5.41. The third-order valence-corrected chi connectivity index (χ3v) is 3.91. The van der Waals surface area contributed by atoms with Crippen molar-refractivity contribution in [3.63, 3.8) is 0 Å². The number of nitrogens with one attached hydrogen (secondary N) is 1. The quantitative estimate of drug-likeness (QED) is 0.905. The van der Waals surface area contributed by atoms with Crippen molar-refractivity contribution >= 4 is 17.7 Å². The molecule has 2 rings (SSSR count). The lowest BCUT2D eigenvalue weighted by atomic mass is 10.1. The number of hydrogen-bond acceptors (Lipinski definition) is 3. The van der Waals surface area contributed by atoms with Gasteiger partial charge in [-0.15, -0.1) is 0 Å². The zero-order valence-corrected chi connectivity index (χ0v) is 14.6. The third kappa shape index (κ3) is 4.24. The Morgan fingerprint density at radius 2 is 1.83 bits per heavy atom. The first-order valence-corrected chi connectivity index (χ1v) is 8.06. The largest absolute Gasteiger partial charge is 0.444 e. The zero-order valence-electron chi connectivity index (χ0n) is 14.6. The number of benzene rings is 1.